The molecule has 43 heavy (non-hydrogen) atoms. The Bertz CT molecular complexity index is 1690. The van der Waals surface area contributed by atoms with E-state index < -0.39 is 29.7 Å². The van der Waals surface area contributed by atoms with Gasteiger partial charge < -0.3 is 23.7 Å². The summed E-state index contributed by atoms with van der Waals surface area (Å²) in [7, 11) is 0. The van der Waals surface area contributed by atoms with Crippen LogP contribution in [-0.2, 0) is 14.3 Å². The maximum Gasteiger partial charge on any atom is 0.346 e. The number of ether oxygens (including phenoxy) is 5. The van der Waals surface area contributed by atoms with Gasteiger partial charge in [-0.3, -0.25) is 0 Å². The standard InChI is InChI=1S/C33H25FO9/c1-3-30(35)40-17-5-16-39-24-10-6-21(7-11-24)32(37)42-25-12-8-23-19-26(13-9-22(23)18-25)43-33(38)28-15-14-27(20-29(28)34)41-31(36)4-2/h3-4,6-15,18-20H,1-2,5,16-17H2. The summed E-state index contributed by atoms with van der Waals surface area (Å²) < 4.78 is 40.5. The van der Waals surface area contributed by atoms with E-state index in [1.807, 2.05) is 0 Å². The van der Waals surface area contributed by atoms with Crippen LogP contribution in [0.4, 0.5) is 4.39 Å². The van der Waals surface area contributed by atoms with Gasteiger partial charge in [0.05, 0.1) is 24.3 Å². The summed E-state index contributed by atoms with van der Waals surface area (Å²) in [6.07, 6.45) is 2.52. The first-order valence-electron chi connectivity index (χ1n) is 12.9. The van der Waals surface area contributed by atoms with Crippen molar-refractivity contribution < 1.29 is 47.3 Å². The molecule has 4 aromatic rings. The fourth-order valence-electron chi connectivity index (χ4n) is 3.71. The molecule has 9 nitrogen and oxygen atoms in total. The van der Waals surface area contributed by atoms with Gasteiger partial charge in [-0.05, 0) is 71.4 Å². The molecule has 0 atom stereocenters. The maximum absolute atomic E-state index is 14.4. The van der Waals surface area contributed by atoms with Crippen molar-refractivity contribution >= 4 is 34.6 Å². The molecule has 0 spiro atoms. The molecule has 0 unspecified atom stereocenters. The monoisotopic (exact) mass is 584 g/mol. The quantitative estimate of drug-likeness (QED) is 0.0855. The molecule has 0 aromatic heterocycles. The Labute approximate surface area is 245 Å². The highest BCUT2D eigenvalue weighted by atomic mass is 19.1. The highest BCUT2D eigenvalue weighted by Crippen LogP contribution is 2.27. The number of halogens is 1. The van der Waals surface area contributed by atoms with Crippen molar-refractivity contribution in [2.24, 2.45) is 0 Å². The summed E-state index contributed by atoms with van der Waals surface area (Å²) in [4.78, 5) is 47.5. The predicted molar refractivity (Wildman–Crippen MR) is 154 cm³/mol. The SMILES string of the molecule is C=CC(=O)OCCCOc1ccc(C(=O)Oc2ccc3cc(OC(=O)c4ccc(OC(=O)C=C)cc4F)ccc3c2)cc1. The van der Waals surface area contributed by atoms with Crippen LogP contribution in [0.1, 0.15) is 27.1 Å². The highest BCUT2D eigenvalue weighted by Gasteiger charge is 2.16. The second-order valence-corrected chi connectivity index (χ2v) is 8.81. The fourth-order valence-corrected chi connectivity index (χ4v) is 3.71. The van der Waals surface area contributed by atoms with Crippen molar-refractivity contribution in [1.82, 2.24) is 0 Å². The van der Waals surface area contributed by atoms with E-state index in [1.54, 1.807) is 54.6 Å². The van der Waals surface area contributed by atoms with Crippen LogP contribution in [0.15, 0.2) is 104 Å². The van der Waals surface area contributed by atoms with Crippen molar-refractivity contribution in [2.45, 2.75) is 6.42 Å². The third-order valence-electron chi connectivity index (χ3n) is 5.81. The minimum Gasteiger partial charge on any atom is -0.493 e. The molecule has 0 amide bonds. The van der Waals surface area contributed by atoms with Gasteiger partial charge in [0.15, 0.2) is 0 Å². The zero-order valence-corrected chi connectivity index (χ0v) is 22.7. The minimum atomic E-state index is -0.936. The molecular formula is C33H25FO9. The van der Waals surface area contributed by atoms with E-state index in [4.69, 9.17) is 23.7 Å². The first-order valence-corrected chi connectivity index (χ1v) is 12.9. The third-order valence-corrected chi connectivity index (χ3v) is 5.81. The Hall–Kier alpha value is -5.77. The van der Waals surface area contributed by atoms with Crippen LogP contribution >= 0.6 is 0 Å². The zero-order valence-electron chi connectivity index (χ0n) is 22.7. The van der Waals surface area contributed by atoms with Crippen molar-refractivity contribution in [3.63, 3.8) is 0 Å². The van der Waals surface area contributed by atoms with Crippen LogP contribution in [0.25, 0.3) is 10.8 Å². The maximum atomic E-state index is 14.4. The first kappa shape index (κ1) is 30.2. The third kappa shape index (κ3) is 8.37. The summed E-state index contributed by atoms with van der Waals surface area (Å²) in [5.74, 6) is -2.74. The second kappa shape index (κ2) is 14.2. The van der Waals surface area contributed by atoms with Gasteiger partial charge in [-0.2, -0.15) is 0 Å². The summed E-state index contributed by atoms with van der Waals surface area (Å²) in [5, 5.41) is 1.38. The number of benzene rings is 4. The van der Waals surface area contributed by atoms with Gasteiger partial charge in [0.2, 0.25) is 0 Å². The second-order valence-electron chi connectivity index (χ2n) is 8.81. The van der Waals surface area contributed by atoms with Gasteiger partial charge >= 0.3 is 23.9 Å². The molecule has 0 bridgehead atoms. The molecule has 4 rings (SSSR count). The molecule has 0 N–H and O–H groups in total. The number of carbonyl (C=O) groups excluding carboxylic acids is 4. The average Bonchev–Trinajstić information content (AvgIpc) is 3.01. The van der Waals surface area contributed by atoms with Crippen molar-refractivity contribution in [3.05, 3.63) is 121 Å². The van der Waals surface area contributed by atoms with Crippen LogP contribution in [-0.4, -0.2) is 37.1 Å². The van der Waals surface area contributed by atoms with Crippen molar-refractivity contribution in [2.75, 3.05) is 13.2 Å². The lowest BCUT2D eigenvalue weighted by Crippen LogP contribution is -2.11. The van der Waals surface area contributed by atoms with Crippen LogP contribution in [0.5, 0.6) is 23.0 Å². The molecule has 0 saturated heterocycles. The lowest BCUT2D eigenvalue weighted by molar-refractivity contribution is -0.138. The molecule has 0 saturated carbocycles. The van der Waals surface area contributed by atoms with Gasteiger partial charge in [0, 0.05) is 24.6 Å². The zero-order chi connectivity index (χ0) is 30.8. The molecule has 0 aliphatic heterocycles. The smallest absolute Gasteiger partial charge is 0.346 e. The Kier molecular flexibility index (Phi) is 9.99. The van der Waals surface area contributed by atoms with E-state index in [0.717, 1.165) is 24.3 Å². The highest BCUT2D eigenvalue weighted by molar-refractivity contribution is 5.94. The Morgan fingerprint density at radius 2 is 1.19 bits per heavy atom. The largest absolute Gasteiger partial charge is 0.493 e. The number of fused-ring (bicyclic) bond motifs is 1. The number of rotatable bonds is 12. The fraction of sp³-hybridized carbons (Fsp3) is 0.0909. The van der Waals surface area contributed by atoms with Crippen LogP contribution in [0.3, 0.4) is 0 Å². The molecular weight excluding hydrogens is 559 g/mol. The van der Waals surface area contributed by atoms with Gasteiger partial charge in [0.1, 0.15) is 28.8 Å². The van der Waals surface area contributed by atoms with Gasteiger partial charge in [-0.1, -0.05) is 25.3 Å². The summed E-state index contributed by atoms with van der Waals surface area (Å²) >= 11 is 0. The number of esters is 4. The van der Waals surface area contributed by atoms with Gasteiger partial charge in [0.25, 0.3) is 0 Å². The molecule has 0 aliphatic carbocycles. The molecule has 0 aliphatic rings. The van der Waals surface area contributed by atoms with Crippen molar-refractivity contribution in [1.29, 1.82) is 0 Å². The minimum absolute atomic E-state index is 0.0791. The lowest BCUT2D eigenvalue weighted by Gasteiger charge is -2.09. The van der Waals surface area contributed by atoms with Gasteiger partial charge in [-0.15, -0.1) is 0 Å². The molecule has 0 heterocycles. The van der Waals surface area contributed by atoms with Crippen LogP contribution in [0.2, 0.25) is 0 Å². The molecule has 10 heteroatoms. The van der Waals surface area contributed by atoms with Crippen LogP contribution < -0.4 is 18.9 Å². The van der Waals surface area contributed by atoms with E-state index in [1.165, 1.54) is 12.1 Å². The molecule has 4 aromatic carbocycles. The first-order chi connectivity index (χ1) is 20.7. The number of hydrogen-bond donors (Lipinski definition) is 0. The molecule has 0 fully saturated rings. The molecule has 0 radical (unpaired) electrons. The van der Waals surface area contributed by atoms with E-state index in [2.05, 4.69) is 13.2 Å². The summed E-state index contributed by atoms with van der Waals surface area (Å²) in [5.41, 5.74) is -0.0272. The van der Waals surface area contributed by atoms with E-state index in [0.29, 0.717) is 40.9 Å². The Balaban J connectivity index is 1.33. The normalized spacial score (nSPS) is 10.3. The molecule has 218 valence electrons. The van der Waals surface area contributed by atoms with Gasteiger partial charge in [-0.25, -0.2) is 23.6 Å². The van der Waals surface area contributed by atoms with E-state index in [-0.39, 0.29) is 23.7 Å². The Morgan fingerprint density at radius 3 is 1.79 bits per heavy atom. The predicted octanol–water partition coefficient (Wildman–Crippen LogP) is 6.01. The van der Waals surface area contributed by atoms with Crippen LogP contribution in [0, 0.1) is 5.82 Å². The summed E-state index contributed by atoms with van der Waals surface area (Å²) in [6.45, 7) is 7.12. The average molecular weight is 585 g/mol. The van der Waals surface area contributed by atoms with E-state index >= 15 is 0 Å². The topological polar surface area (TPSA) is 114 Å². The lowest BCUT2D eigenvalue weighted by atomic mass is 10.1. The van der Waals surface area contributed by atoms with E-state index in [9.17, 15) is 23.6 Å². The summed E-state index contributed by atoms with van der Waals surface area (Å²) in [6, 6.07) is 19.4. The Morgan fingerprint density at radius 1 is 0.628 bits per heavy atom. The number of carbonyl (C=O) groups is 4. The number of hydrogen-bond acceptors (Lipinski definition) is 9. The van der Waals surface area contributed by atoms with Crippen molar-refractivity contribution in [3.8, 4) is 23.0 Å².